The zero-order valence-electron chi connectivity index (χ0n) is 11.4. The van der Waals surface area contributed by atoms with Gasteiger partial charge in [-0.25, -0.2) is 0 Å². The second-order valence-corrected chi connectivity index (χ2v) is 4.38. The Bertz CT molecular complexity index is 401. The maximum atomic E-state index is 12.1. The number of nitrogens with zero attached hydrogens (tertiary/aromatic N) is 3. The Morgan fingerprint density at radius 2 is 2.28 bits per heavy atom. The van der Waals surface area contributed by atoms with Crippen LogP contribution in [-0.4, -0.2) is 59.4 Å². The van der Waals surface area contributed by atoms with Crippen LogP contribution >= 0.6 is 0 Å². The standard InChI is InChI=1S/C12H21N3O3/c1-5-9(16)12(17)11-10(18-4)8-13-15(11)7-6-14(2)3/h8-9,16H,5-7H2,1-4H3. The van der Waals surface area contributed by atoms with E-state index in [1.807, 2.05) is 19.0 Å². The second kappa shape index (κ2) is 6.51. The summed E-state index contributed by atoms with van der Waals surface area (Å²) in [5.41, 5.74) is 0.341. The SMILES string of the molecule is CCC(O)C(=O)c1c(OC)cnn1CCN(C)C. The van der Waals surface area contributed by atoms with Crippen molar-refractivity contribution in [3.63, 3.8) is 0 Å². The highest BCUT2D eigenvalue weighted by molar-refractivity contribution is 6.00. The Balaban J connectivity index is 2.98. The number of aromatic nitrogens is 2. The second-order valence-electron chi connectivity index (χ2n) is 4.38. The van der Waals surface area contributed by atoms with Crippen molar-refractivity contribution in [1.29, 1.82) is 0 Å². The van der Waals surface area contributed by atoms with Crippen LogP contribution in [0.15, 0.2) is 6.20 Å². The predicted octanol–water partition coefficient (Wildman–Crippen LogP) is 0.407. The smallest absolute Gasteiger partial charge is 0.213 e. The molecule has 0 spiro atoms. The van der Waals surface area contributed by atoms with E-state index in [0.717, 1.165) is 6.54 Å². The maximum Gasteiger partial charge on any atom is 0.213 e. The number of aliphatic hydroxyl groups excluding tert-OH is 1. The van der Waals surface area contributed by atoms with Crippen LogP contribution in [0.5, 0.6) is 5.75 Å². The summed E-state index contributed by atoms with van der Waals surface area (Å²) in [4.78, 5) is 14.1. The van der Waals surface area contributed by atoms with Crippen molar-refractivity contribution in [1.82, 2.24) is 14.7 Å². The van der Waals surface area contributed by atoms with E-state index in [0.29, 0.717) is 24.4 Å². The quantitative estimate of drug-likeness (QED) is 0.715. The van der Waals surface area contributed by atoms with Gasteiger partial charge in [0, 0.05) is 6.54 Å². The summed E-state index contributed by atoms with van der Waals surface area (Å²) < 4.78 is 6.70. The van der Waals surface area contributed by atoms with Gasteiger partial charge in [0.05, 0.1) is 19.9 Å². The molecule has 0 aromatic carbocycles. The van der Waals surface area contributed by atoms with E-state index in [2.05, 4.69) is 5.10 Å². The summed E-state index contributed by atoms with van der Waals surface area (Å²) >= 11 is 0. The van der Waals surface area contributed by atoms with E-state index in [9.17, 15) is 9.90 Å². The van der Waals surface area contributed by atoms with Crippen LogP contribution in [0.25, 0.3) is 0 Å². The summed E-state index contributed by atoms with van der Waals surface area (Å²) in [6, 6.07) is 0. The molecule has 0 aliphatic rings. The Hall–Kier alpha value is -1.40. The van der Waals surface area contributed by atoms with Gasteiger partial charge in [0.15, 0.2) is 5.75 Å². The number of carbonyl (C=O) groups is 1. The number of ketones is 1. The van der Waals surface area contributed by atoms with Crippen LogP contribution < -0.4 is 4.74 Å². The van der Waals surface area contributed by atoms with E-state index in [1.54, 1.807) is 11.6 Å². The molecular formula is C12H21N3O3. The molecule has 1 aromatic rings. The zero-order chi connectivity index (χ0) is 13.7. The number of likely N-dealkylation sites (N-methyl/N-ethyl adjacent to an activating group) is 1. The number of carbonyl (C=O) groups excluding carboxylic acids is 1. The lowest BCUT2D eigenvalue weighted by atomic mass is 10.1. The minimum atomic E-state index is -1.01. The monoisotopic (exact) mass is 255 g/mol. The average Bonchev–Trinajstić information content (AvgIpc) is 2.77. The molecule has 1 rings (SSSR count). The molecule has 1 heterocycles. The summed E-state index contributed by atoms with van der Waals surface area (Å²) in [5.74, 6) is 0.0665. The van der Waals surface area contributed by atoms with Crippen molar-refractivity contribution in [3.05, 3.63) is 11.9 Å². The molecular weight excluding hydrogens is 234 g/mol. The number of aliphatic hydroxyl groups is 1. The van der Waals surface area contributed by atoms with Crippen molar-refractivity contribution in [2.24, 2.45) is 0 Å². The third kappa shape index (κ3) is 3.30. The molecule has 0 amide bonds. The molecule has 0 aliphatic heterocycles. The van der Waals surface area contributed by atoms with Crippen LogP contribution in [0.4, 0.5) is 0 Å². The minimum Gasteiger partial charge on any atom is -0.493 e. The highest BCUT2D eigenvalue weighted by atomic mass is 16.5. The molecule has 1 N–H and O–H groups in total. The van der Waals surface area contributed by atoms with E-state index in [1.165, 1.54) is 13.3 Å². The molecule has 1 aromatic heterocycles. The topological polar surface area (TPSA) is 67.6 Å². The van der Waals surface area contributed by atoms with Crippen molar-refractivity contribution in [2.45, 2.75) is 26.0 Å². The van der Waals surface area contributed by atoms with Gasteiger partial charge in [-0.1, -0.05) is 6.92 Å². The Morgan fingerprint density at radius 1 is 1.61 bits per heavy atom. The van der Waals surface area contributed by atoms with Gasteiger partial charge in [-0.3, -0.25) is 9.48 Å². The van der Waals surface area contributed by atoms with Crippen LogP contribution in [0.1, 0.15) is 23.8 Å². The molecule has 0 saturated carbocycles. The summed E-state index contributed by atoms with van der Waals surface area (Å²) in [5, 5.41) is 13.8. The molecule has 102 valence electrons. The van der Waals surface area contributed by atoms with E-state index in [-0.39, 0.29) is 5.78 Å². The van der Waals surface area contributed by atoms with Crippen molar-refractivity contribution < 1.29 is 14.6 Å². The molecule has 0 saturated heterocycles. The number of methoxy groups -OCH3 is 1. The first kappa shape index (κ1) is 14.7. The van der Waals surface area contributed by atoms with E-state index >= 15 is 0 Å². The van der Waals surface area contributed by atoms with Gasteiger partial charge >= 0.3 is 0 Å². The Kier molecular flexibility index (Phi) is 5.30. The van der Waals surface area contributed by atoms with Crippen LogP contribution in [-0.2, 0) is 6.54 Å². The van der Waals surface area contributed by atoms with Crippen molar-refractivity contribution in [2.75, 3.05) is 27.7 Å². The fourth-order valence-corrected chi connectivity index (χ4v) is 1.57. The van der Waals surface area contributed by atoms with Crippen molar-refractivity contribution in [3.8, 4) is 5.75 Å². The maximum absolute atomic E-state index is 12.1. The summed E-state index contributed by atoms with van der Waals surface area (Å²) in [6.07, 6.45) is 0.875. The number of Topliss-reactive ketones (excluding diaryl/α,β-unsaturated/α-hetero) is 1. The largest absolute Gasteiger partial charge is 0.493 e. The van der Waals surface area contributed by atoms with Gasteiger partial charge in [-0.2, -0.15) is 5.10 Å². The third-order valence-electron chi connectivity index (χ3n) is 2.71. The summed E-state index contributed by atoms with van der Waals surface area (Å²) in [6.45, 7) is 3.09. The first-order chi connectivity index (χ1) is 8.51. The fraction of sp³-hybridized carbons (Fsp3) is 0.667. The lowest BCUT2D eigenvalue weighted by Crippen LogP contribution is -2.26. The number of rotatable bonds is 7. The summed E-state index contributed by atoms with van der Waals surface area (Å²) in [7, 11) is 5.38. The van der Waals surface area contributed by atoms with Gasteiger partial charge in [0.25, 0.3) is 0 Å². The van der Waals surface area contributed by atoms with Gasteiger partial charge in [-0.05, 0) is 20.5 Å². The lowest BCUT2D eigenvalue weighted by molar-refractivity contribution is 0.0725. The molecule has 0 radical (unpaired) electrons. The lowest BCUT2D eigenvalue weighted by Gasteiger charge is -2.13. The Morgan fingerprint density at radius 3 is 2.78 bits per heavy atom. The van der Waals surface area contributed by atoms with Crippen LogP contribution in [0, 0.1) is 0 Å². The molecule has 0 fully saturated rings. The normalized spacial score (nSPS) is 12.8. The molecule has 6 nitrogen and oxygen atoms in total. The van der Waals surface area contributed by atoms with E-state index in [4.69, 9.17) is 4.74 Å². The van der Waals surface area contributed by atoms with Gasteiger partial charge in [0.2, 0.25) is 5.78 Å². The minimum absolute atomic E-state index is 0.341. The number of ether oxygens (including phenoxy) is 1. The molecule has 0 aliphatic carbocycles. The molecule has 0 bridgehead atoms. The highest BCUT2D eigenvalue weighted by Gasteiger charge is 2.24. The van der Waals surface area contributed by atoms with E-state index < -0.39 is 6.10 Å². The Labute approximate surface area is 107 Å². The number of hydrogen-bond donors (Lipinski definition) is 1. The van der Waals surface area contributed by atoms with Gasteiger partial charge in [0.1, 0.15) is 11.8 Å². The zero-order valence-corrected chi connectivity index (χ0v) is 11.4. The first-order valence-corrected chi connectivity index (χ1v) is 5.98. The predicted molar refractivity (Wildman–Crippen MR) is 68.0 cm³/mol. The molecule has 6 heteroatoms. The molecule has 1 atom stereocenters. The average molecular weight is 255 g/mol. The third-order valence-corrected chi connectivity index (χ3v) is 2.71. The molecule has 18 heavy (non-hydrogen) atoms. The highest BCUT2D eigenvalue weighted by Crippen LogP contribution is 2.20. The first-order valence-electron chi connectivity index (χ1n) is 5.98. The van der Waals surface area contributed by atoms with Crippen LogP contribution in [0.2, 0.25) is 0 Å². The molecule has 1 unspecified atom stereocenters. The van der Waals surface area contributed by atoms with Gasteiger partial charge in [-0.15, -0.1) is 0 Å². The van der Waals surface area contributed by atoms with Crippen molar-refractivity contribution >= 4 is 5.78 Å². The number of hydrogen-bond acceptors (Lipinski definition) is 5. The fourth-order valence-electron chi connectivity index (χ4n) is 1.57. The van der Waals surface area contributed by atoms with Gasteiger partial charge < -0.3 is 14.7 Å². The van der Waals surface area contributed by atoms with Crippen LogP contribution in [0.3, 0.4) is 0 Å².